The van der Waals surface area contributed by atoms with Crippen molar-refractivity contribution < 1.29 is 42.8 Å². The van der Waals surface area contributed by atoms with Crippen LogP contribution in [0.3, 0.4) is 0 Å². The zero-order valence-corrected chi connectivity index (χ0v) is 30.2. The van der Waals surface area contributed by atoms with Gasteiger partial charge in [-0.05, 0) is 101 Å². The first kappa shape index (κ1) is 35.9. The van der Waals surface area contributed by atoms with E-state index in [1.165, 1.54) is 11.7 Å². The third-order valence-corrected chi connectivity index (χ3v) is 8.79. The lowest BCUT2D eigenvalue weighted by Gasteiger charge is -2.25. The number of methoxy groups -OCH3 is 1. The maximum Gasteiger partial charge on any atom is 0.344 e. The van der Waals surface area contributed by atoms with Crippen LogP contribution in [0.5, 0.6) is 17.2 Å². The van der Waals surface area contributed by atoms with Gasteiger partial charge in [0.15, 0.2) is 29.5 Å². The molecule has 0 N–H and O–H groups in total. The number of nitrogens with zero attached hydrogens (tertiary/aromatic N) is 2. The number of thiazole rings is 1. The van der Waals surface area contributed by atoms with Crippen LogP contribution in [0.1, 0.15) is 44.9 Å². The number of halogens is 2. The fourth-order valence-corrected chi connectivity index (χ4v) is 7.17. The number of carbonyl (C=O) groups excluding carboxylic acids is 3. The number of rotatable bonds is 13. The topological polar surface area (TPSA) is 141 Å². The quantitative estimate of drug-likeness (QED) is 0.183. The molecule has 2 aromatic carbocycles. The Kier molecular flexibility index (Phi) is 12.4. The van der Waals surface area contributed by atoms with Crippen molar-refractivity contribution in [1.29, 1.82) is 0 Å². The van der Waals surface area contributed by atoms with E-state index in [0.717, 1.165) is 11.3 Å². The second-order valence-electron chi connectivity index (χ2n) is 9.71. The standard InChI is InChI=1S/C32H32Br2N2O10S/c1-6-42-23-14-19(9-10-22(23)45-15-25(37)41-5)28-27(31(40)44-8-3)17(4)35-32-36(28)30(39)24(47-32)13-18-11-20(33)29(21(34)12-18)46-16-26(38)43-7-2/h9-14,28H,6-8,15-16H2,1-5H3/b24-13-/t28-/m0/s1. The molecule has 250 valence electrons. The molecule has 15 heteroatoms. The highest BCUT2D eigenvalue weighted by Crippen LogP contribution is 2.37. The molecule has 0 radical (unpaired) electrons. The molecular weight excluding hydrogens is 764 g/mol. The highest BCUT2D eigenvalue weighted by atomic mass is 79.9. The average Bonchev–Trinajstić information content (AvgIpc) is 3.33. The minimum atomic E-state index is -0.904. The van der Waals surface area contributed by atoms with Crippen LogP contribution in [0.2, 0.25) is 0 Å². The fourth-order valence-electron chi connectivity index (χ4n) is 4.67. The lowest BCUT2D eigenvalue weighted by atomic mass is 9.95. The maximum atomic E-state index is 14.1. The molecule has 47 heavy (non-hydrogen) atoms. The van der Waals surface area contributed by atoms with Crippen LogP contribution in [-0.2, 0) is 28.6 Å². The third-order valence-electron chi connectivity index (χ3n) is 6.63. The van der Waals surface area contributed by atoms with E-state index in [9.17, 15) is 19.2 Å². The molecule has 0 amide bonds. The molecule has 0 saturated heterocycles. The third kappa shape index (κ3) is 8.32. The molecule has 0 aliphatic carbocycles. The first-order chi connectivity index (χ1) is 22.5. The van der Waals surface area contributed by atoms with Crippen LogP contribution >= 0.6 is 43.2 Å². The Hall–Kier alpha value is -3.95. The van der Waals surface area contributed by atoms with E-state index < -0.39 is 23.9 Å². The van der Waals surface area contributed by atoms with Crippen LogP contribution in [0.25, 0.3) is 6.08 Å². The Morgan fingerprint density at radius 1 is 0.915 bits per heavy atom. The largest absolute Gasteiger partial charge is 0.490 e. The van der Waals surface area contributed by atoms with Crippen molar-refractivity contribution in [2.75, 3.05) is 40.1 Å². The van der Waals surface area contributed by atoms with E-state index in [4.69, 9.17) is 23.7 Å². The highest BCUT2D eigenvalue weighted by Gasteiger charge is 2.34. The van der Waals surface area contributed by atoms with Crippen molar-refractivity contribution in [3.05, 3.63) is 81.4 Å². The van der Waals surface area contributed by atoms with Gasteiger partial charge in [0, 0.05) is 0 Å². The first-order valence-electron chi connectivity index (χ1n) is 14.5. The molecule has 0 unspecified atom stereocenters. The SMILES string of the molecule is CCOC(=O)COc1c(Br)cc(/C=c2\sc3n(c2=O)[C@@H](c2ccc(OCC(=O)OC)c(OCC)c2)C(C(=O)OCC)=C(C)N=3)cc1Br. The summed E-state index contributed by atoms with van der Waals surface area (Å²) in [6, 6.07) is 7.56. The molecule has 1 aromatic heterocycles. The zero-order valence-electron chi connectivity index (χ0n) is 26.2. The summed E-state index contributed by atoms with van der Waals surface area (Å²) in [5.41, 5.74) is 1.41. The van der Waals surface area contributed by atoms with Crippen molar-refractivity contribution in [1.82, 2.24) is 4.57 Å². The predicted octanol–water partition coefficient (Wildman–Crippen LogP) is 4.22. The Bertz CT molecular complexity index is 1880. The molecule has 1 aliphatic heterocycles. The number of carbonyl (C=O) groups is 3. The summed E-state index contributed by atoms with van der Waals surface area (Å²) in [7, 11) is 1.26. The number of esters is 3. The van der Waals surface area contributed by atoms with Gasteiger partial charge in [0.25, 0.3) is 5.56 Å². The van der Waals surface area contributed by atoms with Gasteiger partial charge >= 0.3 is 17.9 Å². The molecule has 12 nitrogen and oxygen atoms in total. The van der Waals surface area contributed by atoms with Crippen molar-refractivity contribution in [3.63, 3.8) is 0 Å². The monoisotopic (exact) mass is 794 g/mol. The van der Waals surface area contributed by atoms with Gasteiger partial charge < -0.3 is 28.4 Å². The summed E-state index contributed by atoms with van der Waals surface area (Å²) in [4.78, 5) is 55.9. The van der Waals surface area contributed by atoms with E-state index in [-0.39, 0.29) is 49.9 Å². The molecule has 1 atom stereocenters. The van der Waals surface area contributed by atoms with Gasteiger partial charge in [-0.1, -0.05) is 17.4 Å². The van der Waals surface area contributed by atoms with E-state index in [2.05, 4.69) is 41.6 Å². The minimum Gasteiger partial charge on any atom is -0.490 e. The number of benzene rings is 2. The second-order valence-corrected chi connectivity index (χ2v) is 12.4. The van der Waals surface area contributed by atoms with Gasteiger partial charge in [0.05, 0.1) is 57.7 Å². The van der Waals surface area contributed by atoms with Crippen molar-refractivity contribution in [2.24, 2.45) is 4.99 Å². The Morgan fingerprint density at radius 3 is 2.23 bits per heavy atom. The van der Waals surface area contributed by atoms with Crippen molar-refractivity contribution >= 4 is 67.2 Å². The molecule has 0 fully saturated rings. The van der Waals surface area contributed by atoms with Crippen molar-refractivity contribution in [2.45, 2.75) is 33.7 Å². The van der Waals surface area contributed by atoms with Crippen LogP contribution in [0.4, 0.5) is 0 Å². The smallest absolute Gasteiger partial charge is 0.344 e. The fraction of sp³-hybridized carbons (Fsp3) is 0.344. The molecule has 1 aliphatic rings. The summed E-state index contributed by atoms with van der Waals surface area (Å²) in [6.45, 7) is 6.95. The molecule has 3 aromatic rings. The number of hydrogen-bond donors (Lipinski definition) is 0. The minimum absolute atomic E-state index is 0.126. The van der Waals surface area contributed by atoms with Gasteiger partial charge in [0.1, 0.15) is 5.75 Å². The van der Waals surface area contributed by atoms with Gasteiger partial charge in [-0.25, -0.2) is 19.4 Å². The lowest BCUT2D eigenvalue weighted by Crippen LogP contribution is -2.40. The number of aromatic nitrogens is 1. The number of fused-ring (bicyclic) bond motifs is 1. The lowest BCUT2D eigenvalue weighted by molar-refractivity contribution is -0.145. The maximum absolute atomic E-state index is 14.1. The number of ether oxygens (including phenoxy) is 6. The van der Waals surface area contributed by atoms with E-state index in [1.807, 2.05) is 0 Å². The first-order valence-corrected chi connectivity index (χ1v) is 16.9. The molecule has 0 saturated carbocycles. The normalized spacial score (nSPS) is 14.2. The van der Waals surface area contributed by atoms with Gasteiger partial charge in [-0.15, -0.1) is 0 Å². The zero-order chi connectivity index (χ0) is 34.2. The average molecular weight is 796 g/mol. The highest BCUT2D eigenvalue weighted by molar-refractivity contribution is 9.11. The molecule has 0 spiro atoms. The molecular formula is C32H32Br2N2O10S. The van der Waals surface area contributed by atoms with Crippen LogP contribution in [0, 0.1) is 0 Å². The summed E-state index contributed by atoms with van der Waals surface area (Å²) in [6.07, 6.45) is 1.70. The summed E-state index contributed by atoms with van der Waals surface area (Å²) < 4.78 is 34.9. The molecule has 0 bridgehead atoms. The number of hydrogen-bond acceptors (Lipinski definition) is 12. The summed E-state index contributed by atoms with van der Waals surface area (Å²) in [5.74, 6) is -0.671. The van der Waals surface area contributed by atoms with Crippen molar-refractivity contribution in [3.8, 4) is 17.2 Å². The van der Waals surface area contributed by atoms with Gasteiger partial charge in [0.2, 0.25) is 0 Å². The van der Waals surface area contributed by atoms with Crippen LogP contribution in [-0.4, -0.2) is 62.6 Å². The van der Waals surface area contributed by atoms with E-state index in [1.54, 1.807) is 64.1 Å². The molecule has 4 rings (SSSR count). The second kappa shape index (κ2) is 16.2. The Labute approximate surface area is 290 Å². The molecule has 2 heterocycles. The summed E-state index contributed by atoms with van der Waals surface area (Å²) >= 11 is 8.12. The Morgan fingerprint density at radius 2 is 1.60 bits per heavy atom. The van der Waals surface area contributed by atoms with Gasteiger partial charge in [-0.2, -0.15) is 0 Å². The Balaban J connectivity index is 1.82. The van der Waals surface area contributed by atoms with Gasteiger partial charge in [-0.3, -0.25) is 9.36 Å². The predicted molar refractivity (Wildman–Crippen MR) is 179 cm³/mol. The van der Waals surface area contributed by atoms with E-state index >= 15 is 0 Å². The van der Waals surface area contributed by atoms with Crippen LogP contribution < -0.4 is 29.1 Å². The number of allylic oxidation sites excluding steroid dienone is 1. The van der Waals surface area contributed by atoms with E-state index in [0.29, 0.717) is 46.6 Å². The summed E-state index contributed by atoms with van der Waals surface area (Å²) in [5, 5.41) is 0. The van der Waals surface area contributed by atoms with Crippen LogP contribution in [0.15, 0.2) is 60.3 Å².